The molecule has 0 radical (unpaired) electrons. The minimum atomic E-state index is -4.12. The van der Waals surface area contributed by atoms with Gasteiger partial charge in [-0.1, -0.05) is 48.0 Å². The van der Waals surface area contributed by atoms with E-state index >= 15 is 0 Å². The number of carbonyl (C=O) groups is 1. The second-order valence-corrected chi connectivity index (χ2v) is 8.80. The molecule has 0 atom stereocenters. The van der Waals surface area contributed by atoms with E-state index in [1.54, 1.807) is 30.3 Å². The quantitative estimate of drug-likeness (QED) is 0.416. The van der Waals surface area contributed by atoms with Crippen LogP contribution in [-0.4, -0.2) is 25.8 Å². The van der Waals surface area contributed by atoms with Gasteiger partial charge < -0.3 is 5.32 Å². The molecule has 160 valence electrons. The summed E-state index contributed by atoms with van der Waals surface area (Å²) in [7, 11) is -4.12. The van der Waals surface area contributed by atoms with Crippen LogP contribution in [0.3, 0.4) is 0 Å². The molecule has 0 spiro atoms. The highest BCUT2D eigenvalue weighted by Gasteiger charge is 2.29. The number of nitro groups is 1. The van der Waals surface area contributed by atoms with E-state index in [1.165, 1.54) is 49.4 Å². The maximum absolute atomic E-state index is 13.3. The maximum Gasteiger partial charge on any atom is 0.274 e. The van der Waals surface area contributed by atoms with E-state index in [1.807, 2.05) is 0 Å². The number of nitrogens with zero attached hydrogens (tertiary/aromatic N) is 2. The predicted octanol–water partition coefficient (Wildman–Crippen LogP) is 4.39. The Morgan fingerprint density at radius 1 is 1.03 bits per heavy atom. The maximum atomic E-state index is 13.3. The summed E-state index contributed by atoms with van der Waals surface area (Å²) in [5.41, 5.74) is 0.461. The van der Waals surface area contributed by atoms with E-state index in [-0.39, 0.29) is 32.5 Å². The van der Waals surface area contributed by atoms with Crippen LogP contribution in [0.1, 0.15) is 5.56 Å². The molecule has 3 rings (SSSR count). The van der Waals surface area contributed by atoms with Gasteiger partial charge in [-0.15, -0.1) is 0 Å². The number of carbonyl (C=O) groups excluding carboxylic acids is 1. The Hall–Kier alpha value is -3.43. The van der Waals surface area contributed by atoms with Gasteiger partial charge >= 0.3 is 0 Å². The van der Waals surface area contributed by atoms with Crippen LogP contribution in [0.15, 0.2) is 77.7 Å². The SMILES string of the molecule is Cc1c(NC(=O)CN(c2ccccc2Cl)S(=O)(=O)c2ccccc2)cccc1[N+](=O)[O-]. The zero-order valence-corrected chi connectivity index (χ0v) is 17.9. The molecule has 0 aliphatic carbocycles. The zero-order valence-electron chi connectivity index (χ0n) is 16.4. The molecule has 0 unspecified atom stereocenters. The minimum Gasteiger partial charge on any atom is -0.324 e. The molecule has 3 aromatic carbocycles. The number of hydrogen-bond acceptors (Lipinski definition) is 5. The lowest BCUT2D eigenvalue weighted by Crippen LogP contribution is -2.38. The van der Waals surface area contributed by atoms with E-state index in [2.05, 4.69) is 5.32 Å². The van der Waals surface area contributed by atoms with Gasteiger partial charge in [0.15, 0.2) is 0 Å². The largest absolute Gasteiger partial charge is 0.324 e. The molecule has 3 aromatic rings. The van der Waals surface area contributed by atoms with Crippen LogP contribution in [0.2, 0.25) is 5.02 Å². The number of anilines is 2. The Kier molecular flexibility index (Phi) is 6.57. The molecule has 31 heavy (non-hydrogen) atoms. The van der Waals surface area contributed by atoms with Gasteiger partial charge in [0.2, 0.25) is 5.91 Å². The molecule has 0 heterocycles. The molecule has 8 nitrogen and oxygen atoms in total. The monoisotopic (exact) mass is 459 g/mol. The van der Waals surface area contributed by atoms with Crippen molar-refractivity contribution in [2.24, 2.45) is 0 Å². The molecular formula is C21H18ClN3O5S. The summed E-state index contributed by atoms with van der Waals surface area (Å²) in [6, 6.07) is 18.2. The fraction of sp³-hybridized carbons (Fsp3) is 0.0952. The highest BCUT2D eigenvalue weighted by Crippen LogP contribution is 2.31. The lowest BCUT2D eigenvalue weighted by atomic mass is 10.1. The minimum absolute atomic E-state index is 0.00532. The third-order valence-corrected chi connectivity index (χ3v) is 6.61. The van der Waals surface area contributed by atoms with Crippen molar-refractivity contribution in [3.05, 3.63) is 93.5 Å². The number of nitro benzene ring substituents is 1. The first-order valence-corrected chi connectivity index (χ1v) is 10.9. The normalized spacial score (nSPS) is 11.0. The Labute approximate surface area is 184 Å². The standard InChI is InChI=1S/C21H18ClN3O5S/c1-15-18(11-7-13-19(15)25(27)28)23-21(26)14-24(20-12-6-5-10-17(20)22)31(29,30)16-8-3-2-4-9-16/h2-13H,14H2,1H3,(H,23,26). The molecule has 1 N–H and O–H groups in total. The van der Waals surface area contributed by atoms with E-state index in [0.29, 0.717) is 0 Å². The number of halogens is 1. The van der Waals surface area contributed by atoms with Gasteiger partial charge in [-0.25, -0.2) is 8.42 Å². The highest BCUT2D eigenvalue weighted by atomic mass is 35.5. The fourth-order valence-electron chi connectivity index (χ4n) is 2.95. The van der Waals surface area contributed by atoms with E-state index in [0.717, 1.165) is 4.31 Å². The summed E-state index contributed by atoms with van der Waals surface area (Å²) in [6.45, 7) is 0.920. The van der Waals surface area contributed by atoms with Crippen molar-refractivity contribution >= 4 is 44.6 Å². The number of para-hydroxylation sites is 1. The molecule has 1 amide bonds. The van der Waals surface area contributed by atoms with Crippen molar-refractivity contribution in [2.45, 2.75) is 11.8 Å². The number of amides is 1. The van der Waals surface area contributed by atoms with Gasteiger partial charge in [0, 0.05) is 6.07 Å². The molecule has 0 saturated carbocycles. The van der Waals surface area contributed by atoms with Gasteiger partial charge in [-0.2, -0.15) is 0 Å². The van der Waals surface area contributed by atoms with Crippen LogP contribution in [0.4, 0.5) is 17.1 Å². The average molecular weight is 460 g/mol. The Balaban J connectivity index is 1.97. The van der Waals surface area contributed by atoms with Crippen molar-refractivity contribution in [3.8, 4) is 0 Å². The average Bonchev–Trinajstić information content (AvgIpc) is 2.74. The molecule has 0 fully saturated rings. The fourth-order valence-corrected chi connectivity index (χ4v) is 4.70. The first kappa shape index (κ1) is 22.3. The van der Waals surface area contributed by atoms with Crippen LogP contribution in [-0.2, 0) is 14.8 Å². The zero-order chi connectivity index (χ0) is 22.6. The van der Waals surface area contributed by atoms with Crippen molar-refractivity contribution in [1.29, 1.82) is 0 Å². The first-order valence-electron chi connectivity index (χ1n) is 9.08. The molecule has 10 heteroatoms. The first-order chi connectivity index (χ1) is 14.7. The highest BCUT2D eigenvalue weighted by molar-refractivity contribution is 7.92. The molecule has 0 aliphatic heterocycles. The lowest BCUT2D eigenvalue weighted by molar-refractivity contribution is -0.385. The number of hydrogen-bond donors (Lipinski definition) is 1. The van der Waals surface area contributed by atoms with Gasteiger partial charge in [0.1, 0.15) is 6.54 Å². The molecule has 0 aliphatic rings. The van der Waals surface area contributed by atoms with Crippen molar-refractivity contribution < 1.29 is 18.1 Å². The van der Waals surface area contributed by atoms with Gasteiger partial charge in [0.25, 0.3) is 15.7 Å². The van der Waals surface area contributed by atoms with E-state index in [9.17, 15) is 23.3 Å². The van der Waals surface area contributed by atoms with Gasteiger partial charge in [-0.05, 0) is 37.3 Å². The Morgan fingerprint density at radius 3 is 2.32 bits per heavy atom. The van der Waals surface area contributed by atoms with Crippen LogP contribution < -0.4 is 9.62 Å². The van der Waals surface area contributed by atoms with Crippen LogP contribution in [0, 0.1) is 17.0 Å². The third-order valence-electron chi connectivity index (χ3n) is 4.52. The van der Waals surface area contributed by atoms with Crippen molar-refractivity contribution in [3.63, 3.8) is 0 Å². The summed E-state index contributed by atoms with van der Waals surface area (Å²) >= 11 is 6.22. The topological polar surface area (TPSA) is 110 Å². The summed E-state index contributed by atoms with van der Waals surface area (Å²) in [5.74, 6) is -0.678. The van der Waals surface area contributed by atoms with Crippen molar-refractivity contribution in [2.75, 3.05) is 16.2 Å². The van der Waals surface area contributed by atoms with E-state index < -0.39 is 27.4 Å². The molecular weight excluding hydrogens is 442 g/mol. The summed E-state index contributed by atoms with van der Waals surface area (Å²) < 4.78 is 27.5. The number of sulfonamides is 1. The number of nitrogens with one attached hydrogen (secondary N) is 1. The summed E-state index contributed by atoms with van der Waals surface area (Å²) in [6.07, 6.45) is 0. The predicted molar refractivity (Wildman–Crippen MR) is 119 cm³/mol. The van der Waals surface area contributed by atoms with Crippen LogP contribution >= 0.6 is 11.6 Å². The summed E-state index contributed by atoms with van der Waals surface area (Å²) in [4.78, 5) is 23.4. The summed E-state index contributed by atoms with van der Waals surface area (Å²) in [5, 5.41) is 13.8. The third kappa shape index (κ3) is 4.84. The molecule has 0 saturated heterocycles. The number of rotatable bonds is 7. The van der Waals surface area contributed by atoms with Crippen LogP contribution in [0.5, 0.6) is 0 Å². The van der Waals surface area contributed by atoms with E-state index in [4.69, 9.17) is 11.6 Å². The van der Waals surface area contributed by atoms with Gasteiger partial charge in [-0.3, -0.25) is 19.2 Å². The smallest absolute Gasteiger partial charge is 0.274 e. The lowest BCUT2D eigenvalue weighted by Gasteiger charge is -2.25. The van der Waals surface area contributed by atoms with Crippen LogP contribution in [0.25, 0.3) is 0 Å². The second-order valence-electron chi connectivity index (χ2n) is 6.53. The second kappa shape index (κ2) is 9.15. The van der Waals surface area contributed by atoms with Gasteiger partial charge in [0.05, 0.1) is 31.8 Å². The van der Waals surface area contributed by atoms with Crippen molar-refractivity contribution in [1.82, 2.24) is 0 Å². The Morgan fingerprint density at radius 2 is 1.68 bits per heavy atom. The Bertz CT molecular complexity index is 1230. The molecule has 0 bridgehead atoms. The molecule has 0 aromatic heterocycles. The number of benzene rings is 3.